The summed E-state index contributed by atoms with van der Waals surface area (Å²) >= 11 is 0. The van der Waals surface area contributed by atoms with Crippen LogP contribution in [0.5, 0.6) is 0 Å². The summed E-state index contributed by atoms with van der Waals surface area (Å²) in [4.78, 5) is 19.9. The van der Waals surface area contributed by atoms with Gasteiger partial charge in [-0.3, -0.25) is 9.48 Å². The quantitative estimate of drug-likeness (QED) is 0.372. The number of aliphatic hydroxyl groups is 1. The predicted molar refractivity (Wildman–Crippen MR) is 141 cm³/mol. The lowest BCUT2D eigenvalue weighted by molar-refractivity contribution is -0.120. The maximum Gasteiger partial charge on any atom is 0.227 e. The topological polar surface area (TPSA) is 76.2 Å². The van der Waals surface area contributed by atoms with Crippen LogP contribution >= 0.6 is 0 Å². The summed E-state index contributed by atoms with van der Waals surface area (Å²) in [6.45, 7) is 2.03. The Hall–Kier alpha value is -3.59. The molecule has 2 fully saturated rings. The molecule has 1 aliphatic heterocycles. The maximum atomic E-state index is 14.2. The SMILES string of the molecule is Cc1cnn(C)c1-c1ccc2c(c1)nc(C1CCCC(=O)N1c1ccc(F)c(F)c1)n2C1CCC(O)CC1. The van der Waals surface area contributed by atoms with Crippen molar-refractivity contribution in [2.45, 2.75) is 70.1 Å². The number of hydrogen-bond acceptors (Lipinski definition) is 4. The first-order valence-electron chi connectivity index (χ1n) is 13.3. The number of benzene rings is 2. The third kappa shape index (κ3) is 4.18. The van der Waals surface area contributed by atoms with Crippen LogP contribution in [-0.2, 0) is 11.8 Å². The van der Waals surface area contributed by atoms with Crippen molar-refractivity contribution in [3.63, 3.8) is 0 Å². The van der Waals surface area contributed by atoms with E-state index in [0.29, 0.717) is 37.8 Å². The molecule has 1 aliphatic carbocycles. The summed E-state index contributed by atoms with van der Waals surface area (Å²) < 4.78 is 32.1. The van der Waals surface area contributed by atoms with E-state index in [0.717, 1.165) is 58.7 Å². The molecule has 0 bridgehead atoms. The van der Waals surface area contributed by atoms with Gasteiger partial charge in [0.1, 0.15) is 5.82 Å². The third-order valence-electron chi connectivity index (χ3n) is 8.07. The first-order valence-corrected chi connectivity index (χ1v) is 13.3. The van der Waals surface area contributed by atoms with E-state index in [4.69, 9.17) is 4.98 Å². The Morgan fingerprint density at radius 1 is 1.00 bits per heavy atom. The summed E-state index contributed by atoms with van der Waals surface area (Å²) in [5, 5.41) is 14.6. The Kier molecular flexibility index (Phi) is 6.26. The zero-order valence-electron chi connectivity index (χ0n) is 21.6. The second kappa shape index (κ2) is 9.62. The molecule has 2 aliphatic rings. The summed E-state index contributed by atoms with van der Waals surface area (Å²) in [5.74, 6) is -1.31. The number of aryl methyl sites for hydroxylation is 2. The zero-order valence-corrected chi connectivity index (χ0v) is 21.6. The molecule has 1 saturated heterocycles. The van der Waals surface area contributed by atoms with Crippen LogP contribution in [0.1, 0.15) is 68.4 Å². The number of anilines is 1. The Morgan fingerprint density at radius 3 is 2.50 bits per heavy atom. The fourth-order valence-corrected chi connectivity index (χ4v) is 6.24. The number of hydrogen-bond donors (Lipinski definition) is 1. The predicted octanol–water partition coefficient (Wildman–Crippen LogP) is 5.76. The van der Waals surface area contributed by atoms with Gasteiger partial charge in [-0.05, 0) is 75.3 Å². The van der Waals surface area contributed by atoms with Crippen LogP contribution < -0.4 is 4.90 Å². The second-order valence-corrected chi connectivity index (χ2v) is 10.6. The van der Waals surface area contributed by atoms with Gasteiger partial charge in [-0.1, -0.05) is 6.07 Å². The number of halogens is 2. The molecule has 0 radical (unpaired) electrons. The molecule has 38 heavy (non-hydrogen) atoms. The highest BCUT2D eigenvalue weighted by Gasteiger charge is 2.36. The number of carbonyl (C=O) groups excluding carboxylic acids is 1. The highest BCUT2D eigenvalue weighted by molar-refractivity contribution is 5.95. The zero-order chi connectivity index (χ0) is 26.6. The molecule has 2 aromatic heterocycles. The molecule has 198 valence electrons. The van der Waals surface area contributed by atoms with Crippen LogP contribution in [0.3, 0.4) is 0 Å². The van der Waals surface area contributed by atoms with Gasteiger partial charge >= 0.3 is 0 Å². The highest BCUT2D eigenvalue weighted by Crippen LogP contribution is 2.41. The highest BCUT2D eigenvalue weighted by atomic mass is 19.2. The van der Waals surface area contributed by atoms with Gasteiger partial charge in [-0.2, -0.15) is 5.10 Å². The van der Waals surface area contributed by atoms with E-state index in [-0.39, 0.29) is 18.1 Å². The molecule has 7 nitrogen and oxygen atoms in total. The largest absolute Gasteiger partial charge is 0.393 e. The van der Waals surface area contributed by atoms with Crippen molar-refractivity contribution in [1.29, 1.82) is 0 Å². The van der Waals surface area contributed by atoms with E-state index in [1.54, 1.807) is 4.90 Å². The fourth-order valence-electron chi connectivity index (χ4n) is 6.24. The van der Waals surface area contributed by atoms with E-state index in [1.807, 2.05) is 24.9 Å². The number of piperidine rings is 1. The molecule has 6 rings (SSSR count). The van der Waals surface area contributed by atoms with Crippen molar-refractivity contribution in [3.8, 4) is 11.3 Å². The number of aromatic nitrogens is 4. The van der Waals surface area contributed by atoms with E-state index in [9.17, 15) is 18.7 Å². The third-order valence-corrected chi connectivity index (χ3v) is 8.07. The summed E-state index contributed by atoms with van der Waals surface area (Å²) in [6.07, 6.45) is 6.23. The van der Waals surface area contributed by atoms with Crippen molar-refractivity contribution >= 4 is 22.6 Å². The molecule has 1 N–H and O–H groups in total. The van der Waals surface area contributed by atoms with E-state index in [1.165, 1.54) is 6.07 Å². The van der Waals surface area contributed by atoms with Gasteiger partial charge in [0.05, 0.1) is 35.1 Å². The summed E-state index contributed by atoms with van der Waals surface area (Å²) in [5.41, 5.74) is 5.20. The summed E-state index contributed by atoms with van der Waals surface area (Å²) in [7, 11) is 1.91. The molecule has 1 saturated carbocycles. The van der Waals surface area contributed by atoms with Crippen molar-refractivity contribution < 1.29 is 18.7 Å². The molecule has 4 aromatic rings. The Morgan fingerprint density at radius 2 is 1.79 bits per heavy atom. The lowest BCUT2D eigenvalue weighted by Crippen LogP contribution is -2.40. The van der Waals surface area contributed by atoms with Gasteiger partial charge < -0.3 is 14.6 Å². The van der Waals surface area contributed by atoms with Crippen LogP contribution in [0.4, 0.5) is 14.5 Å². The second-order valence-electron chi connectivity index (χ2n) is 10.6. The van der Waals surface area contributed by atoms with Gasteiger partial charge in [0.2, 0.25) is 5.91 Å². The lowest BCUT2D eigenvalue weighted by atomic mass is 9.92. The van der Waals surface area contributed by atoms with Gasteiger partial charge in [-0.15, -0.1) is 0 Å². The van der Waals surface area contributed by atoms with Crippen molar-refractivity contribution in [1.82, 2.24) is 19.3 Å². The molecular formula is C29H31F2N5O2. The van der Waals surface area contributed by atoms with Gasteiger partial charge in [0.25, 0.3) is 0 Å². The number of amides is 1. The molecule has 1 amide bonds. The molecule has 1 atom stereocenters. The number of fused-ring (bicyclic) bond motifs is 1. The minimum atomic E-state index is -0.981. The number of aliphatic hydroxyl groups excluding tert-OH is 1. The smallest absolute Gasteiger partial charge is 0.227 e. The van der Waals surface area contributed by atoms with Crippen molar-refractivity contribution in [2.24, 2.45) is 7.05 Å². The van der Waals surface area contributed by atoms with E-state index >= 15 is 0 Å². The molecule has 9 heteroatoms. The van der Waals surface area contributed by atoms with Gasteiger partial charge in [-0.25, -0.2) is 13.8 Å². The van der Waals surface area contributed by atoms with Crippen molar-refractivity contribution in [2.75, 3.05) is 4.90 Å². The lowest BCUT2D eigenvalue weighted by Gasteiger charge is -2.37. The van der Waals surface area contributed by atoms with Gasteiger partial charge in [0, 0.05) is 36.8 Å². The number of nitrogens with zero attached hydrogens (tertiary/aromatic N) is 5. The van der Waals surface area contributed by atoms with E-state index in [2.05, 4.69) is 27.9 Å². The van der Waals surface area contributed by atoms with Crippen LogP contribution in [0.25, 0.3) is 22.3 Å². The Balaban J connectivity index is 1.51. The maximum absolute atomic E-state index is 14.2. The molecule has 2 aromatic carbocycles. The minimum Gasteiger partial charge on any atom is -0.393 e. The van der Waals surface area contributed by atoms with Crippen LogP contribution in [-0.4, -0.2) is 36.4 Å². The normalized spacial score (nSPS) is 22.4. The van der Waals surface area contributed by atoms with Crippen molar-refractivity contribution in [3.05, 3.63) is 65.6 Å². The first-order chi connectivity index (χ1) is 18.3. The summed E-state index contributed by atoms with van der Waals surface area (Å²) in [6, 6.07) is 9.53. The molecule has 1 unspecified atom stereocenters. The molecule has 0 spiro atoms. The Labute approximate surface area is 219 Å². The number of carbonyl (C=O) groups is 1. The van der Waals surface area contributed by atoms with Gasteiger partial charge in [0.15, 0.2) is 11.6 Å². The standard InChI is InChI=1S/C29H31F2N5O2/c1-17-16-32-34(2)28(17)18-6-13-25-24(14-18)33-29(36(25)19-7-10-21(37)11-8-19)26-4-3-5-27(38)35(26)20-9-12-22(30)23(31)15-20/h6,9,12-16,19,21,26,37H,3-5,7-8,10-11H2,1-2H3. The van der Waals surface area contributed by atoms with E-state index < -0.39 is 17.7 Å². The average Bonchev–Trinajstić information content (AvgIpc) is 3.45. The molecule has 3 heterocycles. The Bertz CT molecular complexity index is 1500. The van der Waals surface area contributed by atoms with Crippen LogP contribution in [0.15, 0.2) is 42.6 Å². The average molecular weight is 520 g/mol. The first kappa shape index (κ1) is 24.7. The van der Waals surface area contributed by atoms with Crippen LogP contribution in [0.2, 0.25) is 0 Å². The fraction of sp³-hybridized carbons (Fsp3) is 0.414. The minimum absolute atomic E-state index is 0.117. The van der Waals surface area contributed by atoms with Crippen LogP contribution in [0, 0.1) is 18.6 Å². The number of imidazole rings is 1. The number of rotatable bonds is 4. The monoisotopic (exact) mass is 519 g/mol. The molecular weight excluding hydrogens is 488 g/mol.